The van der Waals surface area contributed by atoms with Crippen LogP contribution in [-0.4, -0.2) is 21.4 Å². The minimum absolute atomic E-state index is 0.00954. The van der Waals surface area contributed by atoms with Crippen LogP contribution in [0.4, 0.5) is 18.9 Å². The Morgan fingerprint density at radius 3 is 2.56 bits per heavy atom. The number of benzene rings is 1. The fourth-order valence-electron chi connectivity index (χ4n) is 2.23. The maximum absolute atomic E-state index is 12.8. The van der Waals surface area contributed by atoms with Crippen LogP contribution in [0.2, 0.25) is 0 Å². The standard InChI is InChI=1S/C16H18BrF3N4S/c1-10-6-3-4-7-12(10)22-15(25)21-8-5-9-24-11(2)13(17)14(23-24)16(18,19)20/h3-4,6-7H,5,8-9H2,1-2H3,(H2,21,22,25). The second-order valence-electron chi connectivity index (χ2n) is 5.52. The number of aromatic nitrogens is 2. The number of halogens is 4. The fraction of sp³-hybridized carbons (Fsp3) is 0.375. The van der Waals surface area contributed by atoms with Crippen molar-refractivity contribution in [2.75, 3.05) is 11.9 Å². The predicted molar refractivity (Wildman–Crippen MR) is 99.7 cm³/mol. The highest BCUT2D eigenvalue weighted by Crippen LogP contribution is 2.35. The van der Waals surface area contributed by atoms with E-state index in [-0.39, 0.29) is 4.47 Å². The Labute approximate surface area is 157 Å². The Morgan fingerprint density at radius 1 is 1.28 bits per heavy atom. The first-order chi connectivity index (χ1) is 11.7. The summed E-state index contributed by atoms with van der Waals surface area (Å²) in [6.45, 7) is 4.46. The topological polar surface area (TPSA) is 41.9 Å². The van der Waals surface area contributed by atoms with Crippen LogP contribution in [0.25, 0.3) is 0 Å². The summed E-state index contributed by atoms with van der Waals surface area (Å²) in [5, 5.41) is 10.3. The molecule has 0 aliphatic rings. The second-order valence-corrected chi connectivity index (χ2v) is 6.72. The zero-order valence-corrected chi connectivity index (χ0v) is 16.1. The van der Waals surface area contributed by atoms with Gasteiger partial charge in [-0.05, 0) is 60.0 Å². The minimum atomic E-state index is -4.47. The summed E-state index contributed by atoms with van der Waals surface area (Å²) in [7, 11) is 0. The lowest BCUT2D eigenvalue weighted by atomic mass is 10.2. The van der Waals surface area contributed by atoms with Gasteiger partial charge in [0.2, 0.25) is 0 Å². The quantitative estimate of drug-likeness (QED) is 0.530. The maximum Gasteiger partial charge on any atom is 0.436 e. The number of alkyl halides is 3. The van der Waals surface area contributed by atoms with Gasteiger partial charge in [-0.2, -0.15) is 18.3 Å². The first kappa shape index (κ1) is 19.7. The number of rotatable bonds is 5. The molecule has 2 aromatic rings. The van der Waals surface area contributed by atoms with Crippen LogP contribution >= 0.6 is 28.1 Å². The van der Waals surface area contributed by atoms with Crippen molar-refractivity contribution in [1.29, 1.82) is 0 Å². The molecule has 0 aliphatic carbocycles. The highest BCUT2D eigenvalue weighted by Gasteiger charge is 2.37. The number of hydrogen-bond donors (Lipinski definition) is 2. The lowest BCUT2D eigenvalue weighted by Crippen LogP contribution is -2.30. The summed E-state index contributed by atoms with van der Waals surface area (Å²) in [4.78, 5) is 0. The smallest absolute Gasteiger partial charge is 0.362 e. The van der Waals surface area contributed by atoms with Gasteiger partial charge in [0, 0.05) is 18.8 Å². The lowest BCUT2D eigenvalue weighted by molar-refractivity contribution is -0.142. The van der Waals surface area contributed by atoms with E-state index in [1.165, 1.54) is 4.68 Å². The van der Waals surface area contributed by atoms with Crippen molar-refractivity contribution >= 4 is 38.9 Å². The van der Waals surface area contributed by atoms with E-state index in [9.17, 15) is 13.2 Å². The molecule has 2 N–H and O–H groups in total. The van der Waals surface area contributed by atoms with Gasteiger partial charge in [-0.3, -0.25) is 4.68 Å². The summed E-state index contributed by atoms with van der Waals surface area (Å²) in [5.41, 5.74) is 1.55. The van der Waals surface area contributed by atoms with Gasteiger partial charge in [-0.25, -0.2) is 0 Å². The zero-order chi connectivity index (χ0) is 18.6. The van der Waals surface area contributed by atoms with Crippen LogP contribution < -0.4 is 10.6 Å². The average Bonchev–Trinajstić information content (AvgIpc) is 2.82. The summed E-state index contributed by atoms with van der Waals surface area (Å²) in [5.74, 6) is 0. The Hall–Kier alpha value is -1.61. The summed E-state index contributed by atoms with van der Waals surface area (Å²) in [6, 6.07) is 7.75. The van der Waals surface area contributed by atoms with E-state index in [4.69, 9.17) is 12.2 Å². The van der Waals surface area contributed by atoms with Gasteiger partial charge in [0.25, 0.3) is 0 Å². The molecular weight excluding hydrogens is 417 g/mol. The number of para-hydroxylation sites is 1. The van der Waals surface area contributed by atoms with E-state index >= 15 is 0 Å². The van der Waals surface area contributed by atoms with Gasteiger partial charge in [-0.1, -0.05) is 18.2 Å². The molecule has 4 nitrogen and oxygen atoms in total. The monoisotopic (exact) mass is 434 g/mol. The molecule has 0 amide bonds. The number of anilines is 1. The molecule has 0 saturated carbocycles. The molecule has 0 saturated heterocycles. The molecule has 1 aromatic heterocycles. The van der Waals surface area contributed by atoms with Gasteiger partial charge >= 0.3 is 6.18 Å². The Balaban J connectivity index is 1.84. The van der Waals surface area contributed by atoms with Crippen molar-refractivity contribution in [3.8, 4) is 0 Å². The number of hydrogen-bond acceptors (Lipinski definition) is 2. The summed E-state index contributed by atoms with van der Waals surface area (Å²) in [6.07, 6.45) is -3.88. The Morgan fingerprint density at radius 2 is 1.96 bits per heavy atom. The van der Waals surface area contributed by atoms with Gasteiger partial charge < -0.3 is 10.6 Å². The molecule has 25 heavy (non-hydrogen) atoms. The van der Waals surface area contributed by atoms with Crippen LogP contribution in [0.3, 0.4) is 0 Å². The normalized spacial score (nSPS) is 11.4. The van der Waals surface area contributed by atoms with Crippen molar-refractivity contribution in [2.45, 2.75) is 33.0 Å². The molecule has 0 radical (unpaired) electrons. The molecule has 1 aromatic carbocycles. The van der Waals surface area contributed by atoms with Gasteiger partial charge in [0.05, 0.1) is 10.2 Å². The van der Waals surface area contributed by atoms with E-state index in [2.05, 4.69) is 31.7 Å². The molecular formula is C16H18BrF3N4S. The molecule has 9 heteroatoms. The van der Waals surface area contributed by atoms with E-state index in [1.54, 1.807) is 6.92 Å². The maximum atomic E-state index is 12.8. The Bertz CT molecular complexity index is 758. The van der Waals surface area contributed by atoms with Crippen molar-refractivity contribution in [3.63, 3.8) is 0 Å². The number of nitrogens with one attached hydrogen (secondary N) is 2. The number of aryl methyl sites for hydroxylation is 2. The fourth-order valence-corrected chi connectivity index (χ4v) is 2.95. The van der Waals surface area contributed by atoms with E-state index in [0.29, 0.717) is 30.3 Å². The van der Waals surface area contributed by atoms with Crippen LogP contribution in [0.15, 0.2) is 28.7 Å². The Kier molecular flexibility index (Phi) is 6.45. The van der Waals surface area contributed by atoms with Crippen LogP contribution in [0.5, 0.6) is 0 Å². The van der Waals surface area contributed by atoms with Crippen molar-refractivity contribution in [2.24, 2.45) is 0 Å². The predicted octanol–water partition coefficient (Wildman–Crippen LogP) is 4.66. The van der Waals surface area contributed by atoms with Gasteiger partial charge in [0.1, 0.15) is 0 Å². The minimum Gasteiger partial charge on any atom is -0.362 e. The van der Waals surface area contributed by atoms with Crippen molar-refractivity contribution in [1.82, 2.24) is 15.1 Å². The molecule has 0 atom stereocenters. The van der Waals surface area contributed by atoms with Gasteiger partial charge in [0.15, 0.2) is 10.8 Å². The molecule has 136 valence electrons. The van der Waals surface area contributed by atoms with Crippen molar-refractivity contribution < 1.29 is 13.2 Å². The van der Waals surface area contributed by atoms with Gasteiger partial charge in [-0.15, -0.1) is 0 Å². The first-order valence-electron chi connectivity index (χ1n) is 7.60. The second kappa shape index (κ2) is 8.18. The first-order valence-corrected chi connectivity index (χ1v) is 8.81. The van der Waals surface area contributed by atoms with Crippen molar-refractivity contribution in [3.05, 3.63) is 45.7 Å². The summed E-state index contributed by atoms with van der Waals surface area (Å²) < 4.78 is 39.8. The molecule has 2 rings (SSSR count). The molecule has 0 aliphatic heterocycles. The van der Waals surface area contributed by atoms with E-state index in [0.717, 1.165) is 11.3 Å². The summed E-state index contributed by atoms with van der Waals surface area (Å²) >= 11 is 8.19. The van der Waals surface area contributed by atoms with E-state index < -0.39 is 11.9 Å². The van der Waals surface area contributed by atoms with Crippen LogP contribution in [-0.2, 0) is 12.7 Å². The SMILES string of the molecule is Cc1ccccc1NC(=S)NCCCn1nc(C(F)(F)F)c(Br)c1C. The third-order valence-corrected chi connectivity index (χ3v) is 4.82. The number of nitrogens with zero attached hydrogens (tertiary/aromatic N) is 2. The zero-order valence-electron chi connectivity index (χ0n) is 13.7. The van der Waals surface area contributed by atoms with Crippen LogP contribution in [0.1, 0.15) is 23.4 Å². The third kappa shape index (κ3) is 5.18. The largest absolute Gasteiger partial charge is 0.436 e. The van der Waals surface area contributed by atoms with E-state index in [1.807, 2.05) is 31.2 Å². The lowest BCUT2D eigenvalue weighted by Gasteiger charge is -2.12. The van der Waals surface area contributed by atoms with Crippen LogP contribution in [0, 0.1) is 13.8 Å². The average molecular weight is 435 g/mol. The highest BCUT2D eigenvalue weighted by atomic mass is 79.9. The third-order valence-electron chi connectivity index (χ3n) is 3.63. The molecule has 0 bridgehead atoms. The molecule has 0 fully saturated rings. The number of thiocarbonyl (C=S) groups is 1. The molecule has 0 spiro atoms. The highest BCUT2D eigenvalue weighted by molar-refractivity contribution is 9.10. The molecule has 1 heterocycles. The molecule has 0 unspecified atom stereocenters.